The molecule has 0 saturated carbocycles. The molecule has 5 nitrogen and oxygen atoms in total. The molecule has 0 fully saturated rings. The van der Waals surface area contributed by atoms with Crippen molar-refractivity contribution in [1.29, 1.82) is 0 Å². The van der Waals surface area contributed by atoms with E-state index in [-0.39, 0.29) is 5.69 Å². The highest BCUT2D eigenvalue weighted by molar-refractivity contribution is 5.93. The first-order chi connectivity index (χ1) is 7.68. The maximum atomic E-state index is 11.0. The second-order valence-electron chi connectivity index (χ2n) is 3.26. The summed E-state index contributed by atoms with van der Waals surface area (Å²) in [7, 11) is 0. The largest absolute Gasteiger partial charge is 0.476 e. The molecule has 0 unspecified atom stereocenters. The summed E-state index contributed by atoms with van der Waals surface area (Å²) in [5, 5.41) is 16.6. The van der Waals surface area contributed by atoms with Crippen LogP contribution in [0, 0.1) is 6.92 Å². The van der Waals surface area contributed by atoms with Crippen molar-refractivity contribution < 1.29 is 9.90 Å². The molecule has 80 valence electrons. The zero-order valence-electron chi connectivity index (χ0n) is 8.58. The van der Waals surface area contributed by atoms with Gasteiger partial charge < -0.3 is 5.11 Å². The van der Waals surface area contributed by atoms with Crippen molar-refractivity contribution in [3.63, 3.8) is 0 Å². The number of nitrogens with zero attached hydrogens (tertiary/aromatic N) is 3. The van der Waals surface area contributed by atoms with Gasteiger partial charge in [-0.15, -0.1) is 0 Å². The van der Waals surface area contributed by atoms with Crippen LogP contribution in [0.1, 0.15) is 16.2 Å². The number of aryl methyl sites for hydroxylation is 1. The highest BCUT2D eigenvalue weighted by atomic mass is 16.4. The van der Waals surface area contributed by atoms with Gasteiger partial charge in [-0.25, -0.2) is 9.78 Å². The van der Waals surface area contributed by atoms with Gasteiger partial charge in [-0.05, 0) is 31.2 Å². The van der Waals surface area contributed by atoms with E-state index in [0.717, 1.165) is 0 Å². The summed E-state index contributed by atoms with van der Waals surface area (Å²) in [5.41, 5.74) is 1.64. The van der Waals surface area contributed by atoms with E-state index in [0.29, 0.717) is 17.0 Å². The smallest absolute Gasteiger partial charge is 0.355 e. The summed E-state index contributed by atoms with van der Waals surface area (Å²) in [6, 6.07) is 6.84. The number of carboxylic acid groups (broad SMARTS) is 1. The third-order valence-corrected chi connectivity index (χ3v) is 2.09. The Kier molecular flexibility index (Phi) is 2.59. The van der Waals surface area contributed by atoms with Gasteiger partial charge in [-0.1, -0.05) is 0 Å². The molecule has 0 aliphatic carbocycles. The van der Waals surface area contributed by atoms with E-state index in [9.17, 15) is 4.79 Å². The van der Waals surface area contributed by atoms with E-state index in [1.165, 1.54) is 6.20 Å². The Hall–Kier alpha value is -2.30. The Morgan fingerprint density at radius 3 is 2.75 bits per heavy atom. The monoisotopic (exact) mass is 215 g/mol. The molecule has 0 atom stereocenters. The number of pyridine rings is 1. The van der Waals surface area contributed by atoms with E-state index >= 15 is 0 Å². The molecule has 2 aromatic heterocycles. The number of hydrogen-bond donors (Lipinski definition) is 1. The molecule has 1 N–H and O–H groups in total. The lowest BCUT2D eigenvalue weighted by Gasteiger charge is -2.04. The fourth-order valence-corrected chi connectivity index (χ4v) is 1.37. The van der Waals surface area contributed by atoms with Crippen molar-refractivity contribution in [3.8, 4) is 11.3 Å². The molecule has 0 aliphatic rings. The predicted molar refractivity (Wildman–Crippen MR) is 57.0 cm³/mol. The van der Waals surface area contributed by atoms with Crippen molar-refractivity contribution in [2.75, 3.05) is 0 Å². The molecule has 0 aromatic carbocycles. The van der Waals surface area contributed by atoms with Crippen LogP contribution in [0.25, 0.3) is 11.3 Å². The van der Waals surface area contributed by atoms with Crippen molar-refractivity contribution in [2.24, 2.45) is 0 Å². The SMILES string of the molecule is Cc1ccc(-c2cccnn2)c(C(=O)O)n1. The third kappa shape index (κ3) is 1.88. The maximum absolute atomic E-state index is 11.0. The Morgan fingerprint density at radius 1 is 1.31 bits per heavy atom. The minimum atomic E-state index is -1.07. The van der Waals surface area contributed by atoms with Crippen LogP contribution in [0.3, 0.4) is 0 Å². The quantitative estimate of drug-likeness (QED) is 0.822. The zero-order chi connectivity index (χ0) is 11.5. The fourth-order valence-electron chi connectivity index (χ4n) is 1.37. The number of aromatic nitrogens is 3. The zero-order valence-corrected chi connectivity index (χ0v) is 8.58. The Balaban J connectivity index is 2.61. The molecule has 2 heterocycles. The summed E-state index contributed by atoms with van der Waals surface area (Å²) in [4.78, 5) is 15.0. The van der Waals surface area contributed by atoms with Crippen LogP contribution in [0.5, 0.6) is 0 Å². The standard InChI is InChI=1S/C11H9N3O2/c1-7-4-5-8(10(13-7)11(15)16)9-3-2-6-12-14-9/h2-6H,1H3,(H,15,16). The Bertz CT molecular complexity index is 526. The highest BCUT2D eigenvalue weighted by Crippen LogP contribution is 2.19. The summed E-state index contributed by atoms with van der Waals surface area (Å²) >= 11 is 0. The van der Waals surface area contributed by atoms with Crippen LogP contribution in [-0.2, 0) is 0 Å². The first-order valence-electron chi connectivity index (χ1n) is 4.67. The van der Waals surface area contributed by atoms with Gasteiger partial charge in [0.05, 0.1) is 5.69 Å². The lowest BCUT2D eigenvalue weighted by atomic mass is 10.1. The minimum absolute atomic E-state index is 0.000463. The van der Waals surface area contributed by atoms with Crippen molar-refractivity contribution in [3.05, 3.63) is 41.9 Å². The average molecular weight is 215 g/mol. The minimum Gasteiger partial charge on any atom is -0.476 e. The van der Waals surface area contributed by atoms with Crippen LogP contribution >= 0.6 is 0 Å². The van der Waals surface area contributed by atoms with E-state index < -0.39 is 5.97 Å². The lowest BCUT2D eigenvalue weighted by Crippen LogP contribution is -2.05. The third-order valence-electron chi connectivity index (χ3n) is 2.09. The van der Waals surface area contributed by atoms with Gasteiger partial charge in [0.1, 0.15) is 0 Å². The van der Waals surface area contributed by atoms with Crippen LogP contribution in [0.15, 0.2) is 30.5 Å². The van der Waals surface area contributed by atoms with Gasteiger partial charge in [0.15, 0.2) is 5.69 Å². The van der Waals surface area contributed by atoms with Gasteiger partial charge in [0.2, 0.25) is 0 Å². The number of rotatable bonds is 2. The molecule has 0 bridgehead atoms. The molecule has 16 heavy (non-hydrogen) atoms. The van der Waals surface area contributed by atoms with E-state index in [1.807, 2.05) is 0 Å². The summed E-state index contributed by atoms with van der Waals surface area (Å²) in [5.74, 6) is -1.07. The maximum Gasteiger partial charge on any atom is 0.355 e. The molecule has 5 heteroatoms. The Morgan fingerprint density at radius 2 is 2.12 bits per heavy atom. The second kappa shape index (κ2) is 4.06. The van der Waals surface area contributed by atoms with Gasteiger partial charge in [-0.2, -0.15) is 10.2 Å². The molecular weight excluding hydrogens is 206 g/mol. The molecule has 0 radical (unpaired) electrons. The van der Waals surface area contributed by atoms with Crippen molar-refractivity contribution >= 4 is 5.97 Å². The molecule has 0 spiro atoms. The number of aromatic carboxylic acids is 1. The van der Waals surface area contributed by atoms with Crippen LogP contribution in [-0.4, -0.2) is 26.3 Å². The second-order valence-corrected chi connectivity index (χ2v) is 3.26. The van der Waals surface area contributed by atoms with Gasteiger partial charge in [-0.3, -0.25) is 0 Å². The number of hydrogen-bond acceptors (Lipinski definition) is 4. The summed E-state index contributed by atoms with van der Waals surface area (Å²) in [6.45, 7) is 1.74. The molecular formula is C11H9N3O2. The van der Waals surface area contributed by atoms with Crippen LogP contribution in [0.2, 0.25) is 0 Å². The molecule has 0 amide bonds. The van der Waals surface area contributed by atoms with Gasteiger partial charge >= 0.3 is 5.97 Å². The topological polar surface area (TPSA) is 76.0 Å². The molecule has 2 rings (SSSR count). The predicted octanol–water partition coefficient (Wildman–Crippen LogP) is 1.55. The van der Waals surface area contributed by atoms with Crippen molar-refractivity contribution in [1.82, 2.24) is 15.2 Å². The molecule has 0 saturated heterocycles. The molecule has 2 aromatic rings. The number of carbonyl (C=O) groups is 1. The van der Waals surface area contributed by atoms with E-state index in [1.54, 1.807) is 31.2 Å². The lowest BCUT2D eigenvalue weighted by molar-refractivity contribution is 0.0691. The molecule has 0 aliphatic heterocycles. The van der Waals surface area contributed by atoms with Crippen LogP contribution in [0.4, 0.5) is 0 Å². The van der Waals surface area contributed by atoms with E-state index in [2.05, 4.69) is 15.2 Å². The summed E-state index contributed by atoms with van der Waals surface area (Å²) < 4.78 is 0. The van der Waals surface area contributed by atoms with Gasteiger partial charge in [0.25, 0.3) is 0 Å². The van der Waals surface area contributed by atoms with E-state index in [4.69, 9.17) is 5.11 Å². The first kappa shape index (κ1) is 10.2. The van der Waals surface area contributed by atoms with Crippen LogP contribution < -0.4 is 0 Å². The van der Waals surface area contributed by atoms with Gasteiger partial charge in [0, 0.05) is 17.5 Å². The fraction of sp³-hybridized carbons (Fsp3) is 0.0909. The highest BCUT2D eigenvalue weighted by Gasteiger charge is 2.14. The normalized spacial score (nSPS) is 10.1. The Labute approximate surface area is 91.8 Å². The first-order valence-corrected chi connectivity index (χ1v) is 4.67. The van der Waals surface area contributed by atoms with Crippen molar-refractivity contribution in [2.45, 2.75) is 6.92 Å². The average Bonchev–Trinajstić information content (AvgIpc) is 2.30. The summed E-state index contributed by atoms with van der Waals surface area (Å²) in [6.07, 6.45) is 1.53. The number of carboxylic acids is 1.